The summed E-state index contributed by atoms with van der Waals surface area (Å²) in [7, 11) is 0. The summed E-state index contributed by atoms with van der Waals surface area (Å²) in [6, 6.07) is 10.4. The lowest BCUT2D eigenvalue weighted by molar-refractivity contribution is 0.279. The number of rotatable bonds is 10. The minimum Gasteiger partial charge on any atom is -0.0837 e. The molecule has 0 amide bonds. The fourth-order valence-electron chi connectivity index (χ4n) is 5.15. The van der Waals surface area contributed by atoms with Crippen LogP contribution in [0.1, 0.15) is 187 Å². The van der Waals surface area contributed by atoms with Gasteiger partial charge in [-0.15, -0.1) is 0 Å². The molecule has 1 aliphatic rings. The van der Waals surface area contributed by atoms with Crippen LogP contribution in [0.25, 0.3) is 6.08 Å². The van der Waals surface area contributed by atoms with Gasteiger partial charge in [-0.3, -0.25) is 0 Å². The topological polar surface area (TPSA) is 0 Å². The molecule has 1 atom stereocenters. The van der Waals surface area contributed by atoms with E-state index in [1.54, 1.807) is 0 Å². The minimum atomic E-state index is 0.522. The molecule has 2 rings (SSSR count). The highest BCUT2D eigenvalue weighted by atomic mass is 14.2. The Hall–Kier alpha value is -1.04. The molecule has 0 radical (unpaired) electrons. The van der Waals surface area contributed by atoms with Gasteiger partial charge in [-0.25, -0.2) is 0 Å². The van der Waals surface area contributed by atoms with Gasteiger partial charge < -0.3 is 0 Å². The van der Waals surface area contributed by atoms with Crippen LogP contribution in [0.5, 0.6) is 0 Å². The molecule has 1 aromatic rings. The van der Waals surface area contributed by atoms with E-state index < -0.39 is 0 Å². The van der Waals surface area contributed by atoms with Gasteiger partial charge in [0.05, 0.1) is 0 Å². The molecule has 1 aromatic carbocycles. The maximum absolute atomic E-state index is 2.36. The fourth-order valence-corrected chi connectivity index (χ4v) is 5.15. The monoisotopic (exact) mass is 601 g/mol. The predicted molar refractivity (Wildman–Crippen MR) is 204 cm³/mol. The maximum atomic E-state index is 2.36. The third kappa shape index (κ3) is 38.9. The van der Waals surface area contributed by atoms with Gasteiger partial charge in [-0.05, 0) is 65.2 Å². The Balaban J connectivity index is -0.000000474. The fraction of sp³-hybridized carbons (Fsp3) is 0.814. The Labute approximate surface area is 275 Å². The largest absolute Gasteiger partial charge is 0.0837 e. The minimum absolute atomic E-state index is 0.522. The van der Waals surface area contributed by atoms with Crippen molar-refractivity contribution >= 4 is 6.08 Å². The van der Waals surface area contributed by atoms with Crippen LogP contribution in [0.4, 0.5) is 0 Å². The van der Waals surface area contributed by atoms with Crippen LogP contribution >= 0.6 is 0 Å². The highest BCUT2D eigenvalue weighted by Gasteiger charge is 2.15. The molecule has 0 heterocycles. The molecule has 43 heavy (non-hydrogen) atoms. The zero-order chi connectivity index (χ0) is 33.8. The molecule has 0 saturated heterocycles. The molecule has 1 fully saturated rings. The van der Waals surface area contributed by atoms with E-state index >= 15 is 0 Å². The van der Waals surface area contributed by atoms with E-state index in [1.807, 2.05) is 6.07 Å². The van der Waals surface area contributed by atoms with Gasteiger partial charge in [0, 0.05) is 0 Å². The summed E-state index contributed by atoms with van der Waals surface area (Å²) in [5, 5.41) is 0. The second kappa shape index (κ2) is 29.7. The first-order chi connectivity index (χ1) is 20.0. The molecule has 0 nitrogen and oxygen atoms in total. The molecular formula is C43H84. The summed E-state index contributed by atoms with van der Waals surface area (Å²) in [4.78, 5) is 0. The molecule has 0 aliphatic heterocycles. The maximum Gasteiger partial charge on any atom is -0.0260 e. The smallest absolute Gasteiger partial charge is 0.0260 e. The number of hydrogen-bond acceptors (Lipinski definition) is 0. The average molecular weight is 601 g/mol. The Morgan fingerprint density at radius 1 is 0.721 bits per heavy atom. The zero-order valence-corrected chi connectivity index (χ0v) is 32.9. The molecule has 0 aromatic heterocycles. The second-order valence-electron chi connectivity index (χ2n) is 16.4. The third-order valence-electron chi connectivity index (χ3n) is 8.25. The lowest BCUT2D eigenvalue weighted by atomic mass is 9.82. The predicted octanol–water partition coefficient (Wildman–Crippen LogP) is 15.6. The average Bonchev–Trinajstić information content (AvgIpc) is 2.92. The lowest BCUT2D eigenvalue weighted by Crippen LogP contribution is -2.12. The number of allylic oxidation sites excluding steroid dienone is 1. The quantitative estimate of drug-likeness (QED) is 0.250. The first-order valence-corrected chi connectivity index (χ1v) is 18.7. The zero-order valence-electron chi connectivity index (χ0n) is 32.9. The van der Waals surface area contributed by atoms with E-state index in [0.717, 1.165) is 47.8 Å². The molecule has 1 aliphatic carbocycles. The van der Waals surface area contributed by atoms with Gasteiger partial charge in [0.25, 0.3) is 0 Å². The van der Waals surface area contributed by atoms with Crippen molar-refractivity contribution in [2.24, 2.45) is 46.8 Å². The molecule has 0 heteroatoms. The molecule has 0 N–H and O–H groups in total. The van der Waals surface area contributed by atoms with Gasteiger partial charge >= 0.3 is 0 Å². The summed E-state index contributed by atoms with van der Waals surface area (Å²) in [5.41, 5.74) is 1.81. The summed E-state index contributed by atoms with van der Waals surface area (Å²) in [6.07, 6.45) is 19.8. The molecule has 1 unspecified atom stereocenters. The van der Waals surface area contributed by atoms with Crippen molar-refractivity contribution in [1.82, 2.24) is 0 Å². The number of hydrogen-bond donors (Lipinski definition) is 0. The van der Waals surface area contributed by atoms with Crippen molar-refractivity contribution in [1.29, 1.82) is 0 Å². The van der Waals surface area contributed by atoms with Crippen molar-refractivity contribution in [3.05, 3.63) is 42.0 Å². The van der Waals surface area contributed by atoms with Crippen molar-refractivity contribution < 1.29 is 0 Å². The van der Waals surface area contributed by atoms with E-state index in [4.69, 9.17) is 0 Å². The van der Waals surface area contributed by atoms with Crippen molar-refractivity contribution in [2.45, 2.75) is 181 Å². The van der Waals surface area contributed by atoms with Crippen LogP contribution in [-0.2, 0) is 0 Å². The van der Waals surface area contributed by atoms with Crippen LogP contribution in [-0.4, -0.2) is 0 Å². The molecule has 0 spiro atoms. The molecule has 256 valence electrons. The summed E-state index contributed by atoms with van der Waals surface area (Å²) in [5.74, 6) is 6.26. The molecular weight excluding hydrogens is 516 g/mol. The Morgan fingerprint density at radius 3 is 1.51 bits per heavy atom. The van der Waals surface area contributed by atoms with E-state index in [1.165, 1.54) is 69.8 Å². The Bertz CT molecular complexity index is 676. The highest BCUT2D eigenvalue weighted by Crippen LogP contribution is 2.29. The van der Waals surface area contributed by atoms with E-state index in [9.17, 15) is 0 Å². The normalized spacial score (nSPS) is 14.4. The molecule has 0 bridgehead atoms. The summed E-state index contributed by atoms with van der Waals surface area (Å²) in [6.45, 7) is 36.4. The van der Waals surface area contributed by atoms with E-state index in [0.29, 0.717) is 5.41 Å². The van der Waals surface area contributed by atoms with Gasteiger partial charge in [0.2, 0.25) is 0 Å². The van der Waals surface area contributed by atoms with Gasteiger partial charge in [-0.2, -0.15) is 0 Å². The Kier molecular flexibility index (Phi) is 32.0. The second-order valence-corrected chi connectivity index (χ2v) is 16.4. The van der Waals surface area contributed by atoms with Crippen molar-refractivity contribution in [3.8, 4) is 0 Å². The SMILES string of the molecule is CC(C)C/C=C/c1ccccc1.CC(C)C1CCCCC1.CC(C)CC(C)(C)C.CCC(C)C(C)C.CCCCC(C)C. The van der Waals surface area contributed by atoms with Gasteiger partial charge in [0.1, 0.15) is 0 Å². The van der Waals surface area contributed by atoms with Crippen LogP contribution in [0.2, 0.25) is 0 Å². The standard InChI is InChI=1S/C12H16.C9H18.C8H18.2C7H16/c1-11(2)7-6-10-12-8-4-3-5-9-12;1-8(2)9-6-4-3-5-7-9;1-7(2)6-8(3,4)5;1-5-7(4)6(2)3;1-4-5-6-7(2)3/h3-6,8-11H,7H2,1-2H3;8-9H,3-7H2,1-2H3;7H,6H2,1-5H3;6-7H,5H2,1-4H3;7H,4-6H2,1-3H3/b10-6+;;;;. The first kappa shape index (κ1) is 46.4. The summed E-state index contributed by atoms with van der Waals surface area (Å²) >= 11 is 0. The number of unbranched alkanes of at least 4 members (excludes halogenated alkanes) is 1. The van der Waals surface area contributed by atoms with Crippen molar-refractivity contribution in [3.63, 3.8) is 0 Å². The van der Waals surface area contributed by atoms with Crippen LogP contribution in [0, 0.1) is 46.8 Å². The third-order valence-corrected chi connectivity index (χ3v) is 8.25. The summed E-state index contributed by atoms with van der Waals surface area (Å²) < 4.78 is 0. The Morgan fingerprint density at radius 2 is 1.26 bits per heavy atom. The highest BCUT2D eigenvalue weighted by molar-refractivity contribution is 5.48. The van der Waals surface area contributed by atoms with E-state index in [-0.39, 0.29) is 0 Å². The van der Waals surface area contributed by atoms with Gasteiger partial charge in [0.15, 0.2) is 0 Å². The first-order valence-electron chi connectivity index (χ1n) is 18.7. The molecule has 1 saturated carbocycles. The van der Waals surface area contributed by atoms with Crippen molar-refractivity contribution in [2.75, 3.05) is 0 Å². The van der Waals surface area contributed by atoms with Gasteiger partial charge in [-0.1, -0.05) is 211 Å². The van der Waals surface area contributed by atoms with Crippen LogP contribution < -0.4 is 0 Å². The van der Waals surface area contributed by atoms with E-state index in [2.05, 4.69) is 147 Å². The lowest BCUT2D eigenvalue weighted by Gasteiger charge is -2.24. The number of benzene rings is 1. The van der Waals surface area contributed by atoms with Crippen LogP contribution in [0.15, 0.2) is 36.4 Å². The van der Waals surface area contributed by atoms with Crippen LogP contribution in [0.3, 0.4) is 0 Å².